The van der Waals surface area contributed by atoms with Crippen molar-refractivity contribution in [3.63, 3.8) is 0 Å². The van der Waals surface area contributed by atoms with E-state index in [1.807, 2.05) is 103 Å². The number of pyridine rings is 1. The van der Waals surface area contributed by atoms with Crippen LogP contribution in [0, 0.1) is 19.3 Å². The van der Waals surface area contributed by atoms with Crippen LogP contribution in [0.3, 0.4) is 0 Å². The lowest BCUT2D eigenvalue weighted by Crippen LogP contribution is -2.34. The smallest absolute Gasteiger partial charge is 0.340 e. The number of anilines is 1. The maximum Gasteiger partial charge on any atom is 0.340 e. The van der Waals surface area contributed by atoms with Gasteiger partial charge in [0.05, 0.1) is 17.4 Å². The fraction of sp³-hybridized carbons (Fsp3) is 0.525. The predicted molar refractivity (Wildman–Crippen MR) is 189 cm³/mol. The van der Waals surface area contributed by atoms with Crippen LogP contribution >= 0.6 is 0 Å². The third-order valence-corrected chi connectivity index (χ3v) is 9.53. The zero-order valence-corrected chi connectivity index (χ0v) is 29.4. The number of amides is 1. The summed E-state index contributed by atoms with van der Waals surface area (Å²) in [6.45, 7) is 16.0. The molecule has 1 saturated heterocycles. The Kier molecular flexibility index (Phi) is 10.7. The molecule has 252 valence electrons. The lowest BCUT2D eigenvalue weighted by atomic mass is 9.80. The zero-order valence-electron chi connectivity index (χ0n) is 29.4. The van der Waals surface area contributed by atoms with Gasteiger partial charge in [0.25, 0.3) is 5.91 Å². The minimum Gasteiger partial charge on any atom is -0.461 e. The van der Waals surface area contributed by atoms with Crippen molar-refractivity contribution in [3.05, 3.63) is 82.7 Å². The number of hydrogen-bond acceptors (Lipinski definition) is 6. The Balaban J connectivity index is 1.59. The van der Waals surface area contributed by atoms with Crippen molar-refractivity contribution in [2.75, 3.05) is 18.0 Å². The van der Waals surface area contributed by atoms with E-state index in [4.69, 9.17) is 14.5 Å². The van der Waals surface area contributed by atoms with Crippen molar-refractivity contribution in [1.29, 1.82) is 0 Å². The lowest BCUT2D eigenvalue weighted by molar-refractivity contribution is -0.171. The summed E-state index contributed by atoms with van der Waals surface area (Å²) in [4.78, 5) is 34.5. The minimum atomic E-state index is -0.937. The highest BCUT2D eigenvalue weighted by Crippen LogP contribution is 2.49. The summed E-state index contributed by atoms with van der Waals surface area (Å²) in [5.41, 5.74) is 6.70. The number of aryl methyl sites for hydroxylation is 2. The van der Waals surface area contributed by atoms with Crippen molar-refractivity contribution in [2.24, 2.45) is 5.41 Å². The molecular weight excluding hydrogens is 586 g/mol. The highest BCUT2D eigenvalue weighted by atomic mass is 16.6. The number of carbonyl (C=O) groups is 2. The molecule has 47 heavy (non-hydrogen) atoms. The molecule has 7 nitrogen and oxygen atoms in total. The highest BCUT2D eigenvalue weighted by molar-refractivity contribution is 5.95. The third-order valence-electron chi connectivity index (χ3n) is 9.53. The largest absolute Gasteiger partial charge is 0.461 e. The van der Waals surface area contributed by atoms with Crippen molar-refractivity contribution in [2.45, 2.75) is 118 Å². The lowest BCUT2D eigenvalue weighted by Gasteiger charge is -2.34. The van der Waals surface area contributed by atoms with Gasteiger partial charge in [-0.25, -0.2) is 4.79 Å². The monoisotopic (exact) mass is 639 g/mol. The first-order chi connectivity index (χ1) is 22.4. The van der Waals surface area contributed by atoms with Gasteiger partial charge in [-0.1, -0.05) is 68.1 Å². The predicted octanol–water partition coefficient (Wildman–Crippen LogP) is 8.65. The number of nitrogens with zero attached hydrogens (tertiary/aromatic N) is 2. The van der Waals surface area contributed by atoms with Crippen LogP contribution in [0.25, 0.3) is 11.1 Å². The molecular formula is C40H53N3O4. The molecule has 2 fully saturated rings. The number of rotatable bonds is 9. The van der Waals surface area contributed by atoms with Gasteiger partial charge in [0.1, 0.15) is 0 Å². The summed E-state index contributed by atoms with van der Waals surface area (Å²) in [5, 5.41) is 3.03. The normalized spacial score (nSPS) is 17.1. The van der Waals surface area contributed by atoms with Crippen LogP contribution in [-0.4, -0.2) is 41.7 Å². The van der Waals surface area contributed by atoms with Crippen molar-refractivity contribution in [3.8, 4) is 11.1 Å². The van der Waals surface area contributed by atoms with Crippen LogP contribution in [0.2, 0.25) is 0 Å². The van der Waals surface area contributed by atoms with E-state index in [1.54, 1.807) is 0 Å². The minimum absolute atomic E-state index is 0.120. The molecule has 0 radical (unpaired) electrons. The summed E-state index contributed by atoms with van der Waals surface area (Å²) in [6, 6.07) is 17.7. The second-order valence-corrected chi connectivity index (χ2v) is 14.8. The Hall–Kier alpha value is -3.71. The summed E-state index contributed by atoms with van der Waals surface area (Å²) in [6.07, 6.45) is 7.54. The quantitative estimate of drug-likeness (QED) is 0.236. The second kappa shape index (κ2) is 14.6. The first-order valence-corrected chi connectivity index (χ1v) is 17.4. The molecule has 0 bridgehead atoms. The molecule has 5 rings (SSSR count). The Labute approximate surface area is 281 Å². The maximum absolute atomic E-state index is 13.9. The number of esters is 1. The summed E-state index contributed by atoms with van der Waals surface area (Å²) < 4.78 is 12.4. The van der Waals surface area contributed by atoms with Gasteiger partial charge in [0.15, 0.2) is 6.10 Å². The standard InChI is InChI=1S/C40H53N3O4/c1-27(2)46-38(45)36(47-39(5,6)7)34-29(4)42-28(3)33(35(34)43-24-23-40(26-43)21-13-8-9-14-22-40)31-17-19-32(20-18-31)37(44)41-25-30-15-11-10-12-16-30/h10-12,15-20,27,36H,8-9,13-14,21-26H2,1-7H3,(H,41,44)/t36-/m0/s1. The Morgan fingerprint density at radius 1 is 0.915 bits per heavy atom. The van der Waals surface area contributed by atoms with E-state index < -0.39 is 17.7 Å². The van der Waals surface area contributed by atoms with E-state index in [2.05, 4.69) is 10.2 Å². The number of ether oxygens (including phenoxy) is 2. The molecule has 1 spiro atoms. The molecule has 0 unspecified atom stereocenters. The average Bonchev–Trinajstić information content (AvgIpc) is 3.29. The fourth-order valence-electron chi connectivity index (χ4n) is 7.39. The number of aromatic nitrogens is 1. The molecule has 7 heteroatoms. The van der Waals surface area contributed by atoms with Gasteiger partial charge >= 0.3 is 5.97 Å². The van der Waals surface area contributed by atoms with Gasteiger partial charge in [-0.2, -0.15) is 0 Å². The third kappa shape index (κ3) is 8.42. The van der Waals surface area contributed by atoms with Crippen LogP contribution in [0.4, 0.5) is 5.69 Å². The molecule has 1 N–H and O–H groups in total. The molecule has 1 amide bonds. The van der Waals surface area contributed by atoms with Crippen molar-refractivity contribution >= 4 is 17.6 Å². The number of hydrogen-bond donors (Lipinski definition) is 1. The SMILES string of the molecule is Cc1nc(C)c([C@H](OC(C)(C)C)C(=O)OC(C)C)c(N2CCC3(CCCCCC3)C2)c1-c1ccc(C(=O)NCc2ccccc2)cc1. The molecule has 1 aliphatic carbocycles. The van der Waals surface area contributed by atoms with E-state index in [-0.39, 0.29) is 17.4 Å². The fourth-order valence-corrected chi connectivity index (χ4v) is 7.39. The molecule has 2 aliphatic rings. The van der Waals surface area contributed by atoms with E-state index in [0.717, 1.165) is 58.8 Å². The van der Waals surface area contributed by atoms with E-state index in [0.29, 0.717) is 12.1 Å². The zero-order chi connectivity index (χ0) is 33.8. The first kappa shape index (κ1) is 34.6. The number of carbonyl (C=O) groups excluding carboxylic acids is 2. The molecule has 1 saturated carbocycles. The topological polar surface area (TPSA) is 80.8 Å². The first-order valence-electron chi connectivity index (χ1n) is 17.4. The van der Waals surface area contributed by atoms with Crippen molar-refractivity contribution < 1.29 is 19.1 Å². The molecule has 1 aliphatic heterocycles. The summed E-state index contributed by atoms with van der Waals surface area (Å²) in [5.74, 6) is -0.519. The number of benzene rings is 2. The Morgan fingerprint density at radius 3 is 2.19 bits per heavy atom. The van der Waals surface area contributed by atoms with Crippen LogP contribution in [0.15, 0.2) is 54.6 Å². The van der Waals surface area contributed by atoms with E-state index >= 15 is 0 Å². The average molecular weight is 640 g/mol. The van der Waals surface area contributed by atoms with Gasteiger partial charge < -0.3 is 19.7 Å². The van der Waals surface area contributed by atoms with Crippen LogP contribution in [0.1, 0.15) is 119 Å². The van der Waals surface area contributed by atoms with Gasteiger partial charge in [-0.05, 0) is 96.4 Å². The molecule has 1 atom stereocenters. The van der Waals surface area contributed by atoms with E-state index in [9.17, 15) is 9.59 Å². The summed E-state index contributed by atoms with van der Waals surface area (Å²) in [7, 11) is 0. The van der Waals surface area contributed by atoms with Crippen molar-refractivity contribution in [1.82, 2.24) is 10.3 Å². The van der Waals surface area contributed by atoms with Crippen LogP contribution in [-0.2, 0) is 20.8 Å². The molecule has 2 aromatic carbocycles. The van der Waals surface area contributed by atoms with Crippen LogP contribution in [0.5, 0.6) is 0 Å². The van der Waals surface area contributed by atoms with Gasteiger partial charge in [0.2, 0.25) is 0 Å². The molecule has 3 aromatic rings. The van der Waals surface area contributed by atoms with E-state index in [1.165, 1.54) is 38.5 Å². The van der Waals surface area contributed by atoms with Crippen LogP contribution < -0.4 is 10.2 Å². The molecule has 1 aromatic heterocycles. The second-order valence-electron chi connectivity index (χ2n) is 14.8. The van der Waals surface area contributed by atoms with Gasteiger partial charge in [-0.3, -0.25) is 9.78 Å². The number of nitrogens with one attached hydrogen (secondary N) is 1. The maximum atomic E-state index is 13.9. The molecule has 2 heterocycles. The van der Waals surface area contributed by atoms with Gasteiger partial charge in [-0.15, -0.1) is 0 Å². The Bertz CT molecular complexity index is 1530. The Morgan fingerprint density at radius 2 is 1.57 bits per heavy atom. The summed E-state index contributed by atoms with van der Waals surface area (Å²) >= 11 is 0. The van der Waals surface area contributed by atoms with Gasteiger partial charge in [0, 0.05) is 47.7 Å². The highest BCUT2D eigenvalue weighted by Gasteiger charge is 2.42.